The van der Waals surface area contributed by atoms with E-state index in [4.69, 9.17) is 9.47 Å². The van der Waals surface area contributed by atoms with Gasteiger partial charge in [0, 0.05) is 24.2 Å². The molecule has 0 spiro atoms. The summed E-state index contributed by atoms with van der Waals surface area (Å²) in [6, 6.07) is 11.6. The number of aliphatic imine (C=N–C) groups is 1. The minimum Gasteiger partial charge on any atom is -0.497 e. The normalized spacial score (nSPS) is 12.8. The molecule has 172 valence electrons. The van der Waals surface area contributed by atoms with E-state index < -0.39 is 0 Å². The van der Waals surface area contributed by atoms with Gasteiger partial charge in [0.15, 0.2) is 0 Å². The van der Waals surface area contributed by atoms with Crippen LogP contribution in [-0.2, 0) is 17.8 Å². The number of rotatable bonds is 8. The Morgan fingerprint density at radius 3 is 2.76 bits per heavy atom. The zero-order valence-corrected chi connectivity index (χ0v) is 19.4. The molecular formula is C25H29N5O3. The molecule has 4 rings (SSSR count). The highest BCUT2D eigenvalue weighted by Crippen LogP contribution is 2.32. The zero-order valence-electron chi connectivity index (χ0n) is 19.4. The van der Waals surface area contributed by atoms with Crippen LogP contribution >= 0.6 is 0 Å². The van der Waals surface area contributed by atoms with Gasteiger partial charge in [0.1, 0.15) is 23.8 Å². The molecule has 0 atom stereocenters. The monoisotopic (exact) mass is 447 g/mol. The lowest BCUT2D eigenvalue weighted by atomic mass is 9.98. The molecule has 2 heterocycles. The summed E-state index contributed by atoms with van der Waals surface area (Å²) in [7, 11) is 5.62. The lowest BCUT2D eigenvalue weighted by Gasteiger charge is -2.19. The smallest absolute Gasteiger partial charge is 0.270 e. The number of aryl methyl sites for hydroxylation is 1. The first-order valence-corrected chi connectivity index (χ1v) is 10.9. The first kappa shape index (κ1) is 22.5. The summed E-state index contributed by atoms with van der Waals surface area (Å²) in [6.07, 6.45) is 2.25. The van der Waals surface area contributed by atoms with E-state index >= 15 is 0 Å². The maximum Gasteiger partial charge on any atom is 0.270 e. The maximum absolute atomic E-state index is 13.1. The van der Waals surface area contributed by atoms with Gasteiger partial charge < -0.3 is 19.7 Å². The zero-order chi connectivity index (χ0) is 23.4. The molecule has 0 saturated carbocycles. The minimum absolute atomic E-state index is 0.229. The lowest BCUT2D eigenvalue weighted by Crippen LogP contribution is -2.28. The third-order valence-corrected chi connectivity index (χ3v) is 5.64. The number of likely N-dealkylation sites (N-methyl/N-ethyl adjacent to an activating group) is 1. The lowest BCUT2D eigenvalue weighted by molar-refractivity contribution is -0.110. The second-order valence-corrected chi connectivity index (χ2v) is 8.30. The Balaban J connectivity index is 1.55. The van der Waals surface area contributed by atoms with Crippen LogP contribution in [0.25, 0.3) is 11.1 Å². The Morgan fingerprint density at radius 1 is 1.18 bits per heavy atom. The Hall–Kier alpha value is -3.65. The summed E-state index contributed by atoms with van der Waals surface area (Å²) >= 11 is 0. The summed E-state index contributed by atoms with van der Waals surface area (Å²) in [6.45, 7) is 3.71. The number of aromatic nitrogens is 2. The van der Waals surface area contributed by atoms with E-state index in [1.54, 1.807) is 13.3 Å². The van der Waals surface area contributed by atoms with E-state index in [0.717, 1.165) is 40.2 Å². The molecule has 0 saturated heterocycles. The van der Waals surface area contributed by atoms with Crippen LogP contribution in [0.1, 0.15) is 16.8 Å². The average Bonchev–Trinajstić information content (AvgIpc) is 3.24. The highest BCUT2D eigenvalue weighted by molar-refractivity contribution is 6.43. The van der Waals surface area contributed by atoms with Gasteiger partial charge in [0.2, 0.25) is 0 Å². The predicted molar refractivity (Wildman–Crippen MR) is 129 cm³/mol. The van der Waals surface area contributed by atoms with Crippen LogP contribution in [0.15, 0.2) is 47.6 Å². The minimum atomic E-state index is -0.229. The van der Waals surface area contributed by atoms with Crippen molar-refractivity contribution in [1.29, 1.82) is 0 Å². The fourth-order valence-electron chi connectivity index (χ4n) is 3.70. The fraction of sp³-hybridized carbons (Fsp3) is 0.320. The summed E-state index contributed by atoms with van der Waals surface area (Å²) in [5.74, 6) is 1.16. The van der Waals surface area contributed by atoms with Gasteiger partial charge in [-0.25, -0.2) is 0 Å². The number of carbonyl (C=O) groups excluding carboxylic acids is 1. The summed E-state index contributed by atoms with van der Waals surface area (Å²) in [5, 5.41) is 10.1. The number of methoxy groups -OCH3 is 1. The van der Waals surface area contributed by atoms with Crippen molar-refractivity contribution in [1.82, 2.24) is 15.1 Å². The molecule has 2 aromatic carbocycles. The third-order valence-electron chi connectivity index (χ3n) is 5.64. The van der Waals surface area contributed by atoms with Gasteiger partial charge in [-0.15, -0.1) is 0 Å². The third kappa shape index (κ3) is 5.23. The Labute approximate surface area is 193 Å². The topological polar surface area (TPSA) is 91.8 Å². The quantitative estimate of drug-likeness (QED) is 0.552. The Morgan fingerprint density at radius 2 is 2.03 bits per heavy atom. The molecule has 8 heteroatoms. The van der Waals surface area contributed by atoms with Gasteiger partial charge in [0.05, 0.1) is 25.5 Å². The first-order valence-electron chi connectivity index (χ1n) is 10.9. The van der Waals surface area contributed by atoms with Crippen LogP contribution in [0.2, 0.25) is 0 Å². The summed E-state index contributed by atoms with van der Waals surface area (Å²) < 4.78 is 11.4. The van der Waals surface area contributed by atoms with Crippen molar-refractivity contribution in [3.8, 4) is 22.6 Å². The molecule has 1 aliphatic rings. The fourth-order valence-corrected chi connectivity index (χ4v) is 3.70. The first-order chi connectivity index (χ1) is 15.9. The van der Waals surface area contributed by atoms with Crippen LogP contribution < -0.4 is 14.8 Å². The number of aromatic amines is 1. The molecular weight excluding hydrogens is 418 g/mol. The number of fused-ring (bicyclic) bond motifs is 1. The number of anilines is 1. The molecule has 0 bridgehead atoms. The number of nitrogens with one attached hydrogen (secondary N) is 2. The van der Waals surface area contributed by atoms with Crippen molar-refractivity contribution in [3.05, 3.63) is 59.4 Å². The molecule has 0 fully saturated rings. The van der Waals surface area contributed by atoms with Crippen molar-refractivity contribution in [2.24, 2.45) is 4.99 Å². The number of H-pyrrole nitrogens is 1. The molecule has 1 aromatic heterocycles. The number of carbonyl (C=O) groups is 1. The second kappa shape index (κ2) is 9.87. The molecule has 1 aliphatic heterocycles. The van der Waals surface area contributed by atoms with E-state index in [1.807, 2.05) is 62.3 Å². The number of hydrogen-bond acceptors (Lipinski definition) is 6. The Kier molecular flexibility index (Phi) is 6.74. The average molecular weight is 448 g/mol. The molecule has 0 aliphatic carbocycles. The number of ether oxygens (including phenoxy) is 2. The van der Waals surface area contributed by atoms with Crippen LogP contribution in [0.4, 0.5) is 5.69 Å². The number of hydrogen-bond donors (Lipinski definition) is 2. The van der Waals surface area contributed by atoms with Gasteiger partial charge >= 0.3 is 0 Å². The molecule has 0 unspecified atom stereocenters. The number of amides is 1. The Bertz CT molecular complexity index is 1180. The molecule has 8 nitrogen and oxygen atoms in total. The van der Waals surface area contributed by atoms with Crippen LogP contribution in [0.5, 0.6) is 11.5 Å². The van der Waals surface area contributed by atoms with Gasteiger partial charge in [-0.3, -0.25) is 14.9 Å². The van der Waals surface area contributed by atoms with E-state index in [9.17, 15) is 4.79 Å². The summed E-state index contributed by atoms with van der Waals surface area (Å²) in [5.41, 5.74) is 6.20. The van der Waals surface area contributed by atoms with Gasteiger partial charge in [-0.2, -0.15) is 5.10 Å². The standard InChI is InChI=1S/C25H29N5O3/c1-16-21(15-27-29-16)17-6-8-22(24(13-17)33-10-9-30(2)3)28-25(31)23-12-19-11-20(32-4)7-5-18(19)14-26-23/h5-8,11,13,15H,9-10,12,14H2,1-4H3,(H,27,29)(H,28,31). The number of nitrogens with zero attached hydrogens (tertiary/aromatic N) is 3. The van der Waals surface area contributed by atoms with Crippen LogP contribution in [0, 0.1) is 6.92 Å². The SMILES string of the molecule is COc1ccc2c(c1)CC(C(=O)Nc1ccc(-c3cn[nH]c3C)cc1OCCN(C)C)=NC2. The second-order valence-electron chi connectivity index (χ2n) is 8.30. The molecule has 1 amide bonds. The molecule has 0 radical (unpaired) electrons. The summed E-state index contributed by atoms with van der Waals surface area (Å²) in [4.78, 5) is 19.6. The van der Waals surface area contributed by atoms with Crippen LogP contribution in [-0.4, -0.2) is 61.1 Å². The van der Waals surface area contributed by atoms with Gasteiger partial charge in [-0.05, 0) is 62.0 Å². The van der Waals surface area contributed by atoms with Gasteiger partial charge in [-0.1, -0.05) is 12.1 Å². The highest BCUT2D eigenvalue weighted by Gasteiger charge is 2.21. The van der Waals surface area contributed by atoms with Crippen molar-refractivity contribution >= 4 is 17.3 Å². The largest absolute Gasteiger partial charge is 0.497 e. The van der Waals surface area contributed by atoms with Crippen molar-refractivity contribution < 1.29 is 14.3 Å². The molecule has 2 N–H and O–H groups in total. The van der Waals surface area contributed by atoms with E-state index in [0.29, 0.717) is 36.7 Å². The maximum atomic E-state index is 13.1. The van der Waals surface area contributed by atoms with Crippen molar-refractivity contribution in [3.63, 3.8) is 0 Å². The number of benzene rings is 2. The molecule has 3 aromatic rings. The predicted octanol–water partition coefficient (Wildman–Crippen LogP) is 3.47. The van der Waals surface area contributed by atoms with E-state index in [2.05, 4.69) is 20.5 Å². The van der Waals surface area contributed by atoms with Gasteiger partial charge in [0.25, 0.3) is 5.91 Å². The highest BCUT2D eigenvalue weighted by atomic mass is 16.5. The van der Waals surface area contributed by atoms with Crippen LogP contribution in [0.3, 0.4) is 0 Å². The van der Waals surface area contributed by atoms with Crippen molar-refractivity contribution in [2.45, 2.75) is 19.9 Å². The van der Waals surface area contributed by atoms with Crippen molar-refractivity contribution in [2.75, 3.05) is 39.7 Å². The molecule has 33 heavy (non-hydrogen) atoms. The van der Waals surface area contributed by atoms with E-state index in [-0.39, 0.29) is 5.91 Å². The van der Waals surface area contributed by atoms with E-state index in [1.165, 1.54) is 0 Å².